The number of phenols is 1. The molecule has 1 saturated heterocycles. The largest absolute Gasteiger partial charge is 0.504 e. The van der Waals surface area contributed by atoms with Crippen LogP contribution >= 0.6 is 0 Å². The highest BCUT2D eigenvalue weighted by Gasteiger charge is 2.28. The standard InChI is InChI=1S/C21H26N4O5S/c1-16-6-8-18(9-7-16)31(28,29)25-12-10-24(11-13-25)15-20(26)23-22-14-17-4-3-5-19(30-2)21(17)27/h3-9,14,27H,10-13,15H2,1-2H3,(H,23,26)/b22-14+. The van der Waals surface area contributed by atoms with Crippen LogP contribution in [0.2, 0.25) is 0 Å². The Hall–Kier alpha value is -2.95. The summed E-state index contributed by atoms with van der Waals surface area (Å²) in [5.74, 6) is -0.0730. The number of para-hydroxylation sites is 1. The van der Waals surface area contributed by atoms with E-state index >= 15 is 0 Å². The maximum Gasteiger partial charge on any atom is 0.254 e. The monoisotopic (exact) mass is 446 g/mol. The van der Waals surface area contributed by atoms with Crippen LogP contribution in [0.15, 0.2) is 52.5 Å². The number of sulfonamides is 1. The molecule has 1 aliphatic heterocycles. The summed E-state index contributed by atoms with van der Waals surface area (Å²) in [6, 6.07) is 11.7. The molecule has 2 aromatic rings. The number of hydrogen-bond acceptors (Lipinski definition) is 7. The van der Waals surface area contributed by atoms with E-state index in [1.54, 1.807) is 42.5 Å². The molecule has 2 N–H and O–H groups in total. The van der Waals surface area contributed by atoms with Crippen LogP contribution < -0.4 is 10.2 Å². The van der Waals surface area contributed by atoms with E-state index in [4.69, 9.17) is 4.74 Å². The molecule has 1 amide bonds. The Labute approximate surface area is 182 Å². The van der Waals surface area contributed by atoms with Crippen LogP contribution in [0.5, 0.6) is 11.5 Å². The topological polar surface area (TPSA) is 112 Å². The van der Waals surface area contributed by atoms with Crippen molar-refractivity contribution in [2.75, 3.05) is 39.8 Å². The number of phenolic OH excluding ortho intramolecular Hbond substituents is 1. The smallest absolute Gasteiger partial charge is 0.254 e. The number of benzene rings is 2. The van der Waals surface area contributed by atoms with Gasteiger partial charge in [-0.1, -0.05) is 23.8 Å². The molecule has 0 aliphatic carbocycles. The second-order valence-electron chi connectivity index (χ2n) is 7.18. The molecule has 0 saturated carbocycles. The summed E-state index contributed by atoms with van der Waals surface area (Å²) in [4.78, 5) is 14.3. The first-order chi connectivity index (χ1) is 14.8. The third-order valence-corrected chi connectivity index (χ3v) is 6.91. The lowest BCUT2D eigenvalue weighted by atomic mass is 10.2. The van der Waals surface area contributed by atoms with Gasteiger partial charge in [-0.3, -0.25) is 9.69 Å². The van der Waals surface area contributed by atoms with Crippen LogP contribution in [-0.4, -0.2) is 74.7 Å². The SMILES string of the molecule is COc1cccc(/C=N/NC(=O)CN2CCN(S(=O)(=O)c3ccc(C)cc3)CC2)c1O. The van der Waals surface area contributed by atoms with E-state index in [9.17, 15) is 18.3 Å². The van der Waals surface area contributed by atoms with Crippen LogP contribution in [0, 0.1) is 6.92 Å². The summed E-state index contributed by atoms with van der Waals surface area (Å²) in [7, 11) is -2.09. The summed E-state index contributed by atoms with van der Waals surface area (Å²) >= 11 is 0. The van der Waals surface area contributed by atoms with Crippen molar-refractivity contribution in [3.05, 3.63) is 53.6 Å². The van der Waals surface area contributed by atoms with Crippen molar-refractivity contribution in [3.8, 4) is 11.5 Å². The number of carbonyl (C=O) groups is 1. The Morgan fingerprint density at radius 1 is 1.16 bits per heavy atom. The Morgan fingerprint density at radius 2 is 1.84 bits per heavy atom. The average Bonchev–Trinajstić information content (AvgIpc) is 2.75. The number of carbonyl (C=O) groups excluding carboxylic acids is 1. The van der Waals surface area contributed by atoms with Gasteiger partial charge in [0.1, 0.15) is 0 Å². The number of aromatic hydroxyl groups is 1. The fraction of sp³-hybridized carbons (Fsp3) is 0.333. The van der Waals surface area contributed by atoms with Gasteiger partial charge in [0.2, 0.25) is 10.0 Å². The van der Waals surface area contributed by atoms with Crippen molar-refractivity contribution in [3.63, 3.8) is 0 Å². The van der Waals surface area contributed by atoms with Crippen molar-refractivity contribution in [2.45, 2.75) is 11.8 Å². The summed E-state index contributed by atoms with van der Waals surface area (Å²) in [5, 5.41) is 13.9. The van der Waals surface area contributed by atoms with Crippen molar-refractivity contribution < 1.29 is 23.1 Å². The van der Waals surface area contributed by atoms with E-state index in [0.29, 0.717) is 37.5 Å². The highest BCUT2D eigenvalue weighted by atomic mass is 32.2. The van der Waals surface area contributed by atoms with Crippen LogP contribution in [0.25, 0.3) is 0 Å². The van der Waals surface area contributed by atoms with E-state index in [-0.39, 0.29) is 23.1 Å². The molecule has 9 nitrogen and oxygen atoms in total. The number of ether oxygens (including phenoxy) is 1. The van der Waals surface area contributed by atoms with Gasteiger partial charge in [-0.25, -0.2) is 13.8 Å². The Bertz CT molecular complexity index is 1050. The molecule has 0 atom stereocenters. The lowest BCUT2D eigenvalue weighted by molar-refractivity contribution is -0.122. The predicted octanol–water partition coefficient (Wildman–Crippen LogP) is 1.17. The second kappa shape index (κ2) is 9.90. The van der Waals surface area contributed by atoms with Gasteiger partial charge in [-0.15, -0.1) is 0 Å². The number of nitrogens with zero attached hydrogens (tertiary/aromatic N) is 3. The summed E-state index contributed by atoms with van der Waals surface area (Å²) in [5.41, 5.74) is 3.83. The third-order valence-electron chi connectivity index (χ3n) is 5.00. The third kappa shape index (κ3) is 5.60. The van der Waals surface area contributed by atoms with E-state index in [1.165, 1.54) is 17.6 Å². The molecule has 10 heteroatoms. The predicted molar refractivity (Wildman–Crippen MR) is 117 cm³/mol. The number of nitrogens with one attached hydrogen (secondary N) is 1. The van der Waals surface area contributed by atoms with E-state index < -0.39 is 10.0 Å². The average molecular weight is 447 g/mol. The highest BCUT2D eigenvalue weighted by molar-refractivity contribution is 7.89. The zero-order valence-corrected chi connectivity index (χ0v) is 18.3. The minimum atomic E-state index is -3.54. The van der Waals surface area contributed by atoms with Crippen molar-refractivity contribution in [1.82, 2.24) is 14.6 Å². The van der Waals surface area contributed by atoms with Gasteiger partial charge in [-0.05, 0) is 31.2 Å². The van der Waals surface area contributed by atoms with Gasteiger partial charge >= 0.3 is 0 Å². The molecule has 1 fully saturated rings. The van der Waals surface area contributed by atoms with Crippen molar-refractivity contribution >= 4 is 22.1 Å². The fourth-order valence-electron chi connectivity index (χ4n) is 3.21. The van der Waals surface area contributed by atoms with Gasteiger partial charge in [-0.2, -0.15) is 9.41 Å². The normalized spacial score (nSPS) is 15.8. The van der Waals surface area contributed by atoms with E-state index in [0.717, 1.165) is 5.56 Å². The summed E-state index contributed by atoms with van der Waals surface area (Å²) in [6.07, 6.45) is 1.34. The van der Waals surface area contributed by atoms with Gasteiger partial charge in [0, 0.05) is 31.7 Å². The summed E-state index contributed by atoms with van der Waals surface area (Å²) < 4.78 is 32.0. The number of rotatable bonds is 7. The number of amides is 1. The molecule has 0 aromatic heterocycles. The second-order valence-corrected chi connectivity index (χ2v) is 9.12. The first kappa shape index (κ1) is 22.7. The van der Waals surface area contributed by atoms with Crippen molar-refractivity contribution in [1.29, 1.82) is 0 Å². The first-order valence-electron chi connectivity index (χ1n) is 9.78. The van der Waals surface area contributed by atoms with Gasteiger partial charge in [0.25, 0.3) is 5.91 Å². The quantitative estimate of drug-likeness (QED) is 0.488. The first-order valence-corrected chi connectivity index (χ1v) is 11.2. The minimum absolute atomic E-state index is 0.0612. The van der Waals surface area contributed by atoms with Crippen LogP contribution in [-0.2, 0) is 14.8 Å². The number of hydrogen-bond donors (Lipinski definition) is 2. The molecule has 1 aliphatic rings. The molecule has 0 spiro atoms. The van der Waals surface area contributed by atoms with Gasteiger partial charge < -0.3 is 9.84 Å². The molecule has 2 aromatic carbocycles. The maximum absolute atomic E-state index is 12.8. The molecule has 3 rings (SSSR count). The summed E-state index contributed by atoms with van der Waals surface area (Å²) in [6.45, 7) is 3.51. The zero-order chi connectivity index (χ0) is 22.4. The lowest BCUT2D eigenvalue weighted by Crippen LogP contribution is -2.50. The Kier molecular flexibility index (Phi) is 7.26. The number of aryl methyl sites for hydroxylation is 1. The number of piperazine rings is 1. The Balaban J connectivity index is 1.49. The highest BCUT2D eigenvalue weighted by Crippen LogP contribution is 2.27. The van der Waals surface area contributed by atoms with Crippen LogP contribution in [0.4, 0.5) is 0 Å². The molecular weight excluding hydrogens is 420 g/mol. The van der Waals surface area contributed by atoms with Crippen LogP contribution in [0.1, 0.15) is 11.1 Å². The van der Waals surface area contributed by atoms with Gasteiger partial charge in [0.15, 0.2) is 11.5 Å². The zero-order valence-electron chi connectivity index (χ0n) is 17.5. The minimum Gasteiger partial charge on any atom is -0.504 e. The molecule has 31 heavy (non-hydrogen) atoms. The molecule has 0 radical (unpaired) electrons. The molecule has 0 unspecified atom stereocenters. The lowest BCUT2D eigenvalue weighted by Gasteiger charge is -2.33. The molecule has 0 bridgehead atoms. The Morgan fingerprint density at radius 3 is 2.48 bits per heavy atom. The molecule has 1 heterocycles. The maximum atomic E-state index is 12.8. The van der Waals surface area contributed by atoms with Crippen LogP contribution in [0.3, 0.4) is 0 Å². The molecular formula is C21H26N4O5S. The van der Waals surface area contributed by atoms with E-state index in [2.05, 4.69) is 10.5 Å². The fourth-order valence-corrected chi connectivity index (χ4v) is 4.63. The van der Waals surface area contributed by atoms with Crippen molar-refractivity contribution in [2.24, 2.45) is 5.10 Å². The number of hydrazone groups is 1. The van der Waals surface area contributed by atoms with Gasteiger partial charge in [0.05, 0.1) is 24.8 Å². The number of methoxy groups -OCH3 is 1. The molecule has 166 valence electrons. The van der Waals surface area contributed by atoms with E-state index in [1.807, 2.05) is 11.8 Å².